The largest absolute Gasteiger partial charge is 0.299 e. The molecule has 0 spiro atoms. The maximum atomic E-state index is 13.1. The number of rotatable bonds is 7. The molecule has 0 aliphatic heterocycles. The zero-order chi connectivity index (χ0) is 13.5. The van der Waals surface area contributed by atoms with Crippen LogP contribution in [0.3, 0.4) is 0 Å². The van der Waals surface area contributed by atoms with Crippen molar-refractivity contribution >= 4 is 21.7 Å². The van der Waals surface area contributed by atoms with Crippen molar-refractivity contribution in [1.82, 2.24) is 0 Å². The topological polar surface area (TPSA) is 17.1 Å². The lowest BCUT2D eigenvalue weighted by Crippen LogP contribution is -2.16. The Labute approximate surface area is 117 Å². The average Bonchev–Trinajstić information content (AvgIpc) is 2.33. The van der Waals surface area contributed by atoms with E-state index in [1.54, 1.807) is 12.1 Å². The molecule has 0 fully saturated rings. The van der Waals surface area contributed by atoms with Crippen LogP contribution in [0.5, 0.6) is 0 Å². The molecule has 18 heavy (non-hydrogen) atoms. The predicted octanol–water partition coefficient (Wildman–Crippen LogP) is 4.92. The molecule has 1 nitrogen and oxygen atoms in total. The summed E-state index contributed by atoms with van der Waals surface area (Å²) in [5.41, 5.74) is 0.880. The highest BCUT2D eigenvalue weighted by Gasteiger charge is 2.17. The molecule has 0 saturated carbocycles. The van der Waals surface area contributed by atoms with E-state index >= 15 is 0 Å². The first kappa shape index (κ1) is 15.4. The van der Waals surface area contributed by atoms with Crippen LogP contribution >= 0.6 is 15.9 Å². The number of carbonyl (C=O) groups is 1. The van der Waals surface area contributed by atoms with Gasteiger partial charge in [0, 0.05) is 12.3 Å². The molecule has 1 aromatic carbocycles. The first-order chi connectivity index (χ1) is 8.58. The Morgan fingerprint density at radius 1 is 1.28 bits per heavy atom. The molecule has 0 aliphatic carbocycles. The van der Waals surface area contributed by atoms with Gasteiger partial charge in [-0.3, -0.25) is 4.79 Å². The van der Waals surface area contributed by atoms with Gasteiger partial charge in [-0.2, -0.15) is 0 Å². The van der Waals surface area contributed by atoms with Crippen molar-refractivity contribution in [3.8, 4) is 0 Å². The molecule has 0 N–H and O–H groups in total. The van der Waals surface area contributed by atoms with Crippen LogP contribution in [0.1, 0.15) is 45.1 Å². The highest BCUT2D eigenvalue weighted by atomic mass is 79.9. The van der Waals surface area contributed by atoms with E-state index < -0.39 is 0 Å². The quantitative estimate of drug-likeness (QED) is 0.698. The monoisotopic (exact) mass is 314 g/mol. The lowest BCUT2D eigenvalue weighted by molar-refractivity contribution is -0.122. The van der Waals surface area contributed by atoms with Gasteiger partial charge in [-0.05, 0) is 46.5 Å². The number of Topliss-reactive ketones (excluding diaryl/α,β-unsaturated/α-hetero) is 1. The molecule has 0 aliphatic rings. The van der Waals surface area contributed by atoms with Crippen LogP contribution in [0.15, 0.2) is 22.7 Å². The van der Waals surface area contributed by atoms with Crippen molar-refractivity contribution < 1.29 is 9.18 Å². The minimum absolute atomic E-state index is 0.156. The van der Waals surface area contributed by atoms with Crippen LogP contribution in [0.25, 0.3) is 0 Å². The summed E-state index contributed by atoms with van der Waals surface area (Å²) in [5, 5.41) is 0. The number of halogens is 2. The minimum atomic E-state index is -0.287. The zero-order valence-corrected chi connectivity index (χ0v) is 12.6. The average molecular weight is 315 g/mol. The molecule has 0 saturated heterocycles. The molecule has 100 valence electrons. The van der Waals surface area contributed by atoms with Gasteiger partial charge in [0.05, 0.1) is 4.47 Å². The van der Waals surface area contributed by atoms with Crippen LogP contribution in [0, 0.1) is 11.7 Å². The summed E-state index contributed by atoms with van der Waals surface area (Å²) in [6.07, 6.45) is 4.38. The van der Waals surface area contributed by atoms with Crippen LogP contribution < -0.4 is 0 Å². The normalized spacial score (nSPS) is 10.9. The Balaban J connectivity index is 2.69. The molecule has 0 atom stereocenters. The second-order valence-electron chi connectivity index (χ2n) is 4.67. The van der Waals surface area contributed by atoms with Crippen LogP contribution in [0.4, 0.5) is 4.39 Å². The Kier molecular flexibility index (Phi) is 6.55. The number of benzene rings is 1. The number of carbonyl (C=O) groups excluding carboxylic acids is 1. The predicted molar refractivity (Wildman–Crippen MR) is 76.1 cm³/mol. The minimum Gasteiger partial charge on any atom is -0.299 e. The van der Waals surface area contributed by atoms with E-state index in [4.69, 9.17) is 0 Å². The van der Waals surface area contributed by atoms with E-state index in [1.807, 2.05) is 0 Å². The van der Waals surface area contributed by atoms with Crippen molar-refractivity contribution in [2.75, 3.05) is 0 Å². The lowest BCUT2D eigenvalue weighted by Gasteiger charge is -2.14. The summed E-state index contributed by atoms with van der Waals surface area (Å²) < 4.78 is 13.5. The summed E-state index contributed by atoms with van der Waals surface area (Å²) >= 11 is 3.15. The van der Waals surface area contributed by atoms with Gasteiger partial charge in [0.25, 0.3) is 0 Å². The highest BCUT2D eigenvalue weighted by Crippen LogP contribution is 2.20. The van der Waals surface area contributed by atoms with Gasteiger partial charge in [0.15, 0.2) is 0 Å². The molecule has 1 rings (SSSR count). The Morgan fingerprint density at radius 3 is 2.39 bits per heavy atom. The molecular weight excluding hydrogens is 295 g/mol. The van der Waals surface area contributed by atoms with Gasteiger partial charge in [-0.25, -0.2) is 4.39 Å². The second-order valence-corrected chi connectivity index (χ2v) is 5.52. The molecular formula is C15H20BrFO. The molecule has 0 aromatic heterocycles. The number of hydrogen-bond donors (Lipinski definition) is 0. The van der Waals surface area contributed by atoms with E-state index in [0.29, 0.717) is 10.9 Å². The van der Waals surface area contributed by atoms with Gasteiger partial charge in [-0.15, -0.1) is 0 Å². The smallest absolute Gasteiger partial charge is 0.140 e. The molecule has 0 radical (unpaired) electrons. The third-order valence-corrected chi connectivity index (χ3v) is 3.70. The van der Waals surface area contributed by atoms with Crippen LogP contribution in [-0.2, 0) is 11.2 Å². The van der Waals surface area contributed by atoms with Gasteiger partial charge in [0.1, 0.15) is 11.6 Å². The van der Waals surface area contributed by atoms with E-state index in [-0.39, 0.29) is 17.5 Å². The lowest BCUT2D eigenvalue weighted by atomic mass is 9.90. The summed E-state index contributed by atoms with van der Waals surface area (Å²) in [5.74, 6) is 0.144. The molecule has 0 bridgehead atoms. The third-order valence-electron chi connectivity index (χ3n) is 3.09. The fourth-order valence-electron chi connectivity index (χ4n) is 2.16. The summed E-state index contributed by atoms with van der Waals surface area (Å²) in [6.45, 7) is 4.20. The molecule has 1 aromatic rings. The van der Waals surface area contributed by atoms with Crippen molar-refractivity contribution in [3.63, 3.8) is 0 Å². The second kappa shape index (κ2) is 7.67. The fraction of sp³-hybridized carbons (Fsp3) is 0.533. The summed E-state index contributed by atoms with van der Waals surface area (Å²) in [4.78, 5) is 12.2. The standard InChI is InChI=1S/C15H20BrFO/c1-3-5-12(6-4-2)15(18)10-11-7-8-14(17)13(16)9-11/h7-9,12H,3-6,10H2,1-2H3. The first-order valence-electron chi connectivity index (χ1n) is 6.55. The van der Waals surface area contributed by atoms with E-state index in [2.05, 4.69) is 29.8 Å². The first-order valence-corrected chi connectivity index (χ1v) is 7.34. The highest BCUT2D eigenvalue weighted by molar-refractivity contribution is 9.10. The van der Waals surface area contributed by atoms with Crippen molar-refractivity contribution in [1.29, 1.82) is 0 Å². The maximum absolute atomic E-state index is 13.1. The van der Waals surface area contributed by atoms with Gasteiger partial charge >= 0.3 is 0 Å². The Bertz CT molecular complexity index is 397. The Morgan fingerprint density at radius 2 is 1.89 bits per heavy atom. The van der Waals surface area contributed by atoms with Crippen molar-refractivity contribution in [2.24, 2.45) is 5.92 Å². The van der Waals surface area contributed by atoms with Gasteiger partial charge < -0.3 is 0 Å². The van der Waals surface area contributed by atoms with Gasteiger partial charge in [-0.1, -0.05) is 32.8 Å². The van der Waals surface area contributed by atoms with E-state index in [0.717, 1.165) is 31.2 Å². The molecule has 0 amide bonds. The number of ketones is 1. The van der Waals surface area contributed by atoms with E-state index in [1.165, 1.54) is 6.07 Å². The summed E-state index contributed by atoms with van der Waals surface area (Å²) in [7, 11) is 0. The zero-order valence-electron chi connectivity index (χ0n) is 11.0. The summed E-state index contributed by atoms with van der Waals surface area (Å²) in [6, 6.07) is 4.79. The SMILES string of the molecule is CCCC(CCC)C(=O)Cc1ccc(F)c(Br)c1. The molecule has 0 unspecified atom stereocenters. The van der Waals surface area contributed by atoms with E-state index in [9.17, 15) is 9.18 Å². The van der Waals surface area contributed by atoms with Crippen molar-refractivity contribution in [3.05, 3.63) is 34.1 Å². The van der Waals surface area contributed by atoms with Gasteiger partial charge in [0.2, 0.25) is 0 Å². The number of hydrogen-bond acceptors (Lipinski definition) is 1. The fourth-order valence-corrected chi connectivity index (χ4v) is 2.58. The molecule has 3 heteroatoms. The molecule has 0 heterocycles. The van der Waals surface area contributed by atoms with Crippen LogP contribution in [0.2, 0.25) is 0 Å². The maximum Gasteiger partial charge on any atom is 0.140 e. The van der Waals surface area contributed by atoms with Crippen molar-refractivity contribution in [2.45, 2.75) is 46.0 Å². The Hall–Kier alpha value is -0.700. The third kappa shape index (κ3) is 4.52. The van der Waals surface area contributed by atoms with Crippen LogP contribution in [-0.4, -0.2) is 5.78 Å².